The Morgan fingerprint density at radius 1 is 1.53 bits per heavy atom. The SMILES string of the molecule is CCCN1CCCC1c1cnccc1C. The van der Waals surface area contributed by atoms with Gasteiger partial charge in [0.2, 0.25) is 0 Å². The van der Waals surface area contributed by atoms with Crippen molar-refractivity contribution >= 4 is 0 Å². The summed E-state index contributed by atoms with van der Waals surface area (Å²) in [5, 5.41) is 0. The lowest BCUT2D eigenvalue weighted by Crippen LogP contribution is -2.24. The molecule has 1 saturated heterocycles. The Bertz CT molecular complexity index is 322. The molecule has 1 aliphatic heterocycles. The minimum Gasteiger partial charge on any atom is -0.296 e. The standard InChI is InChI=1S/C13H20N2/c1-3-8-15-9-4-5-13(15)12-10-14-7-6-11(12)2/h6-7,10,13H,3-5,8-9H2,1-2H3. The fraction of sp³-hybridized carbons (Fsp3) is 0.615. The fourth-order valence-corrected chi connectivity index (χ4v) is 2.56. The fourth-order valence-electron chi connectivity index (χ4n) is 2.56. The van der Waals surface area contributed by atoms with Gasteiger partial charge in [-0.3, -0.25) is 9.88 Å². The molecule has 0 N–H and O–H groups in total. The number of aryl methyl sites for hydroxylation is 1. The highest BCUT2D eigenvalue weighted by molar-refractivity contribution is 5.25. The van der Waals surface area contributed by atoms with Crippen molar-refractivity contribution in [1.82, 2.24) is 9.88 Å². The van der Waals surface area contributed by atoms with Crippen molar-refractivity contribution < 1.29 is 0 Å². The number of hydrogen-bond donors (Lipinski definition) is 0. The van der Waals surface area contributed by atoms with Gasteiger partial charge < -0.3 is 0 Å². The van der Waals surface area contributed by atoms with E-state index < -0.39 is 0 Å². The van der Waals surface area contributed by atoms with Crippen LogP contribution in [0.2, 0.25) is 0 Å². The first-order chi connectivity index (χ1) is 7.33. The quantitative estimate of drug-likeness (QED) is 0.752. The van der Waals surface area contributed by atoms with Gasteiger partial charge in [-0.25, -0.2) is 0 Å². The molecule has 1 fully saturated rings. The molecule has 2 nitrogen and oxygen atoms in total. The van der Waals surface area contributed by atoms with Crippen LogP contribution in [0.4, 0.5) is 0 Å². The highest BCUT2D eigenvalue weighted by Crippen LogP contribution is 2.32. The topological polar surface area (TPSA) is 16.1 Å². The van der Waals surface area contributed by atoms with E-state index in [1.54, 1.807) is 0 Å². The van der Waals surface area contributed by atoms with Crippen LogP contribution in [-0.4, -0.2) is 23.0 Å². The van der Waals surface area contributed by atoms with E-state index in [2.05, 4.69) is 29.8 Å². The number of rotatable bonds is 3. The van der Waals surface area contributed by atoms with Gasteiger partial charge in [0.05, 0.1) is 0 Å². The number of aromatic nitrogens is 1. The first-order valence-electron chi connectivity index (χ1n) is 5.97. The van der Waals surface area contributed by atoms with E-state index in [0.717, 1.165) is 0 Å². The lowest BCUT2D eigenvalue weighted by molar-refractivity contribution is 0.257. The van der Waals surface area contributed by atoms with Crippen LogP contribution in [0.25, 0.3) is 0 Å². The number of nitrogens with zero attached hydrogens (tertiary/aromatic N) is 2. The van der Waals surface area contributed by atoms with Crippen LogP contribution in [0, 0.1) is 6.92 Å². The molecule has 0 radical (unpaired) electrons. The second kappa shape index (κ2) is 4.75. The molecule has 1 unspecified atom stereocenters. The second-order valence-corrected chi connectivity index (χ2v) is 4.43. The maximum atomic E-state index is 4.26. The van der Waals surface area contributed by atoms with Crippen LogP contribution in [0.1, 0.15) is 43.4 Å². The molecule has 2 heterocycles. The van der Waals surface area contributed by atoms with Crippen LogP contribution in [0.5, 0.6) is 0 Å². The summed E-state index contributed by atoms with van der Waals surface area (Å²) >= 11 is 0. The molecule has 1 aromatic heterocycles. The Morgan fingerprint density at radius 3 is 3.13 bits per heavy atom. The molecule has 0 spiro atoms. The van der Waals surface area contributed by atoms with Crippen LogP contribution in [-0.2, 0) is 0 Å². The van der Waals surface area contributed by atoms with E-state index in [-0.39, 0.29) is 0 Å². The van der Waals surface area contributed by atoms with E-state index in [1.165, 1.54) is 43.5 Å². The Balaban J connectivity index is 2.19. The normalized spacial score (nSPS) is 22.1. The van der Waals surface area contributed by atoms with Crippen LogP contribution >= 0.6 is 0 Å². The molecule has 0 aliphatic carbocycles. The van der Waals surface area contributed by atoms with E-state index in [1.807, 2.05) is 12.4 Å². The summed E-state index contributed by atoms with van der Waals surface area (Å²) in [4.78, 5) is 6.86. The van der Waals surface area contributed by atoms with Gasteiger partial charge in [-0.1, -0.05) is 6.92 Å². The first kappa shape index (κ1) is 10.6. The zero-order valence-corrected chi connectivity index (χ0v) is 9.74. The summed E-state index contributed by atoms with van der Waals surface area (Å²) in [6, 6.07) is 2.75. The molecule has 0 aromatic carbocycles. The zero-order chi connectivity index (χ0) is 10.7. The third kappa shape index (κ3) is 2.20. The van der Waals surface area contributed by atoms with Crippen LogP contribution < -0.4 is 0 Å². The van der Waals surface area contributed by atoms with Crippen molar-refractivity contribution in [3.63, 3.8) is 0 Å². The Hall–Kier alpha value is -0.890. The van der Waals surface area contributed by atoms with E-state index in [0.29, 0.717) is 6.04 Å². The summed E-state index contributed by atoms with van der Waals surface area (Å²) in [5.41, 5.74) is 2.82. The molecule has 0 bridgehead atoms. The molecule has 1 aromatic rings. The molecule has 2 rings (SSSR count). The monoisotopic (exact) mass is 204 g/mol. The van der Waals surface area contributed by atoms with Crippen LogP contribution in [0.3, 0.4) is 0 Å². The van der Waals surface area contributed by atoms with Crippen molar-refractivity contribution in [2.24, 2.45) is 0 Å². The number of likely N-dealkylation sites (tertiary alicyclic amines) is 1. The second-order valence-electron chi connectivity index (χ2n) is 4.43. The third-order valence-corrected chi connectivity index (χ3v) is 3.31. The maximum absolute atomic E-state index is 4.26. The van der Waals surface area contributed by atoms with Gasteiger partial charge in [0, 0.05) is 18.4 Å². The van der Waals surface area contributed by atoms with Crippen molar-refractivity contribution in [2.45, 2.75) is 39.2 Å². The van der Waals surface area contributed by atoms with Gasteiger partial charge in [0.1, 0.15) is 0 Å². The Labute approximate surface area is 92.3 Å². The summed E-state index contributed by atoms with van der Waals surface area (Å²) in [7, 11) is 0. The molecular formula is C13H20N2. The van der Waals surface area contributed by atoms with Gasteiger partial charge in [0.15, 0.2) is 0 Å². The van der Waals surface area contributed by atoms with Crippen molar-refractivity contribution in [1.29, 1.82) is 0 Å². The van der Waals surface area contributed by atoms with Crippen molar-refractivity contribution in [3.05, 3.63) is 29.6 Å². The van der Waals surface area contributed by atoms with Gasteiger partial charge >= 0.3 is 0 Å². The lowest BCUT2D eigenvalue weighted by atomic mass is 10.0. The predicted molar refractivity (Wildman–Crippen MR) is 62.8 cm³/mol. The van der Waals surface area contributed by atoms with Gasteiger partial charge in [-0.05, 0) is 56.5 Å². The van der Waals surface area contributed by atoms with Crippen molar-refractivity contribution in [3.8, 4) is 0 Å². The highest BCUT2D eigenvalue weighted by Gasteiger charge is 2.26. The van der Waals surface area contributed by atoms with Gasteiger partial charge in [0.25, 0.3) is 0 Å². The molecule has 0 saturated carbocycles. The molecule has 1 atom stereocenters. The number of pyridine rings is 1. The van der Waals surface area contributed by atoms with E-state index in [4.69, 9.17) is 0 Å². The Kier molecular flexibility index (Phi) is 3.37. The average molecular weight is 204 g/mol. The molecule has 1 aliphatic rings. The number of hydrogen-bond acceptors (Lipinski definition) is 2. The first-order valence-corrected chi connectivity index (χ1v) is 5.97. The minimum absolute atomic E-state index is 0.624. The van der Waals surface area contributed by atoms with Gasteiger partial charge in [-0.15, -0.1) is 0 Å². The Morgan fingerprint density at radius 2 is 2.40 bits per heavy atom. The third-order valence-electron chi connectivity index (χ3n) is 3.31. The summed E-state index contributed by atoms with van der Waals surface area (Å²) in [6.45, 7) is 6.93. The van der Waals surface area contributed by atoms with E-state index in [9.17, 15) is 0 Å². The predicted octanol–water partition coefficient (Wildman–Crippen LogP) is 2.94. The highest BCUT2D eigenvalue weighted by atomic mass is 15.2. The summed E-state index contributed by atoms with van der Waals surface area (Å²) in [5.74, 6) is 0. The summed E-state index contributed by atoms with van der Waals surface area (Å²) < 4.78 is 0. The van der Waals surface area contributed by atoms with Crippen molar-refractivity contribution in [2.75, 3.05) is 13.1 Å². The zero-order valence-electron chi connectivity index (χ0n) is 9.74. The smallest absolute Gasteiger partial charge is 0.0366 e. The summed E-state index contributed by atoms with van der Waals surface area (Å²) in [6.07, 6.45) is 7.81. The molecule has 82 valence electrons. The van der Waals surface area contributed by atoms with E-state index >= 15 is 0 Å². The average Bonchev–Trinajstić information content (AvgIpc) is 2.67. The lowest BCUT2D eigenvalue weighted by Gasteiger charge is -2.25. The molecular weight excluding hydrogens is 184 g/mol. The maximum Gasteiger partial charge on any atom is 0.0366 e. The largest absolute Gasteiger partial charge is 0.296 e. The molecule has 2 heteroatoms. The molecule has 15 heavy (non-hydrogen) atoms. The minimum atomic E-state index is 0.624. The van der Waals surface area contributed by atoms with Crippen LogP contribution in [0.15, 0.2) is 18.5 Å². The molecule has 0 amide bonds. The van der Waals surface area contributed by atoms with Gasteiger partial charge in [-0.2, -0.15) is 0 Å².